The summed E-state index contributed by atoms with van der Waals surface area (Å²) in [6.07, 6.45) is 5.74. The highest BCUT2D eigenvalue weighted by molar-refractivity contribution is 7.98. The summed E-state index contributed by atoms with van der Waals surface area (Å²) in [5.74, 6) is -0.141. The number of fused-ring (bicyclic) bond motifs is 1. The molecule has 0 bridgehead atoms. The van der Waals surface area contributed by atoms with Crippen LogP contribution in [0.25, 0.3) is 6.08 Å². The first-order valence-electron chi connectivity index (χ1n) is 3.78. The summed E-state index contributed by atoms with van der Waals surface area (Å²) in [7, 11) is 0. The number of hydrogen-bond donors (Lipinski definition) is 0. The van der Waals surface area contributed by atoms with Crippen LogP contribution in [0.2, 0.25) is 0 Å². The fourth-order valence-electron chi connectivity index (χ4n) is 1.06. The van der Waals surface area contributed by atoms with Gasteiger partial charge in [-0.3, -0.25) is 4.79 Å². The summed E-state index contributed by atoms with van der Waals surface area (Å²) in [4.78, 5) is 23.0. The third kappa shape index (κ3) is 1.60. The molecule has 0 N–H and O–H groups in total. The maximum Gasteiger partial charge on any atom is 0.251 e. The molecule has 0 unspecified atom stereocenters. The van der Waals surface area contributed by atoms with Crippen LogP contribution in [0.1, 0.15) is 6.42 Å². The normalized spacial score (nSPS) is 14.4. The van der Waals surface area contributed by atoms with Gasteiger partial charge in [0.2, 0.25) is 0 Å². The molecular formula is C8H7N3OS. The predicted octanol–water partition coefficient (Wildman–Crippen LogP) is -0.471. The van der Waals surface area contributed by atoms with Crippen LogP contribution >= 0.6 is 11.8 Å². The Bertz CT molecular complexity index is 469. The summed E-state index contributed by atoms with van der Waals surface area (Å²) < 4.78 is 0. The molecule has 0 atom stereocenters. The van der Waals surface area contributed by atoms with Gasteiger partial charge in [-0.15, -0.1) is 0 Å². The molecule has 0 aliphatic carbocycles. The zero-order valence-corrected chi connectivity index (χ0v) is 7.84. The first kappa shape index (κ1) is 8.37. The molecule has 66 valence electrons. The van der Waals surface area contributed by atoms with Crippen LogP contribution in [-0.4, -0.2) is 22.1 Å². The Morgan fingerprint density at radius 2 is 2.38 bits per heavy atom. The second-order valence-electron chi connectivity index (χ2n) is 2.55. The van der Waals surface area contributed by atoms with E-state index in [0.29, 0.717) is 17.1 Å². The monoisotopic (exact) mass is 193 g/mol. The summed E-state index contributed by atoms with van der Waals surface area (Å²) in [6, 6.07) is 0. The number of rotatable bonds is 1. The molecule has 1 amide bonds. The Morgan fingerprint density at radius 3 is 3.15 bits per heavy atom. The Hall–Kier alpha value is -1.23. The summed E-state index contributed by atoms with van der Waals surface area (Å²) in [5.41, 5.74) is 0.496. The van der Waals surface area contributed by atoms with Crippen molar-refractivity contribution in [2.45, 2.75) is 11.6 Å². The predicted molar refractivity (Wildman–Crippen MR) is 48.7 cm³/mol. The lowest BCUT2D eigenvalue weighted by molar-refractivity contribution is -0.117. The van der Waals surface area contributed by atoms with Crippen LogP contribution in [-0.2, 0) is 4.79 Å². The van der Waals surface area contributed by atoms with Gasteiger partial charge in [-0.25, -0.2) is 9.97 Å². The molecule has 1 aliphatic heterocycles. The lowest BCUT2D eigenvalue weighted by atomic mass is 10.3. The van der Waals surface area contributed by atoms with Crippen LogP contribution in [0.4, 0.5) is 0 Å². The van der Waals surface area contributed by atoms with Crippen LogP contribution in [0.3, 0.4) is 0 Å². The van der Waals surface area contributed by atoms with Gasteiger partial charge in [-0.1, -0.05) is 17.8 Å². The van der Waals surface area contributed by atoms with Crippen LogP contribution < -0.4 is 10.7 Å². The average molecular weight is 193 g/mol. The SMILES string of the molecule is CSc1ncc2c(n1)=NC(=O)CC=2. The molecule has 0 fully saturated rings. The highest BCUT2D eigenvalue weighted by atomic mass is 32.2. The molecule has 4 nitrogen and oxygen atoms in total. The number of aromatic nitrogens is 2. The van der Waals surface area contributed by atoms with E-state index in [1.54, 1.807) is 12.3 Å². The third-order valence-electron chi connectivity index (χ3n) is 1.68. The van der Waals surface area contributed by atoms with Gasteiger partial charge in [0.05, 0.1) is 0 Å². The fraction of sp³-hybridized carbons (Fsp3) is 0.250. The van der Waals surface area contributed by atoms with E-state index in [2.05, 4.69) is 15.0 Å². The van der Waals surface area contributed by atoms with Gasteiger partial charge in [0.15, 0.2) is 10.6 Å². The topological polar surface area (TPSA) is 55.2 Å². The number of carbonyl (C=O) groups is 1. The number of carbonyl (C=O) groups excluding carboxylic acids is 1. The van der Waals surface area contributed by atoms with Crippen molar-refractivity contribution in [2.24, 2.45) is 4.99 Å². The van der Waals surface area contributed by atoms with Gasteiger partial charge in [-0.2, -0.15) is 4.99 Å². The van der Waals surface area contributed by atoms with Gasteiger partial charge in [0.25, 0.3) is 5.91 Å². The standard InChI is InChI=1S/C8H7N3OS/c1-13-8-9-4-5-2-3-6(12)10-7(5)11-8/h2,4H,3H2,1H3. The minimum Gasteiger partial charge on any atom is -0.272 e. The number of hydrogen-bond acceptors (Lipinski definition) is 4. The quantitative estimate of drug-likeness (QED) is 0.447. The molecule has 0 aromatic carbocycles. The molecule has 0 radical (unpaired) electrons. The Labute approximate surface area is 78.8 Å². The molecule has 5 heteroatoms. The van der Waals surface area contributed by atoms with Crippen LogP contribution in [0.15, 0.2) is 16.3 Å². The van der Waals surface area contributed by atoms with Gasteiger partial charge < -0.3 is 0 Å². The molecule has 1 aliphatic rings. The first-order chi connectivity index (χ1) is 6.29. The van der Waals surface area contributed by atoms with E-state index in [1.165, 1.54) is 11.8 Å². The molecule has 2 heterocycles. The van der Waals surface area contributed by atoms with Crippen molar-refractivity contribution in [3.63, 3.8) is 0 Å². The van der Waals surface area contributed by atoms with Gasteiger partial charge in [-0.05, 0) is 6.26 Å². The molecule has 0 saturated carbocycles. The van der Waals surface area contributed by atoms with Crippen molar-refractivity contribution in [1.29, 1.82) is 0 Å². The van der Waals surface area contributed by atoms with E-state index in [4.69, 9.17) is 0 Å². The lowest BCUT2D eigenvalue weighted by Crippen LogP contribution is -2.33. The second kappa shape index (κ2) is 3.26. The fourth-order valence-corrected chi connectivity index (χ4v) is 1.40. The van der Waals surface area contributed by atoms with Crippen molar-refractivity contribution < 1.29 is 4.79 Å². The van der Waals surface area contributed by atoms with Crippen molar-refractivity contribution in [1.82, 2.24) is 9.97 Å². The maximum absolute atomic E-state index is 11.0. The van der Waals surface area contributed by atoms with Crippen molar-refractivity contribution in [2.75, 3.05) is 6.26 Å². The van der Waals surface area contributed by atoms with E-state index in [9.17, 15) is 4.79 Å². The molecule has 0 saturated heterocycles. The molecule has 2 rings (SSSR count). The van der Waals surface area contributed by atoms with Crippen LogP contribution in [0.5, 0.6) is 0 Å². The number of thioether (sulfide) groups is 1. The minimum atomic E-state index is -0.141. The van der Waals surface area contributed by atoms with E-state index < -0.39 is 0 Å². The van der Waals surface area contributed by atoms with Crippen LogP contribution in [0, 0.1) is 0 Å². The van der Waals surface area contributed by atoms with E-state index in [0.717, 1.165) is 5.22 Å². The number of amides is 1. The Kier molecular flexibility index (Phi) is 2.10. The zero-order valence-electron chi connectivity index (χ0n) is 7.02. The maximum atomic E-state index is 11.0. The smallest absolute Gasteiger partial charge is 0.251 e. The molecule has 13 heavy (non-hydrogen) atoms. The highest BCUT2D eigenvalue weighted by Gasteiger charge is 2.04. The first-order valence-corrected chi connectivity index (χ1v) is 5.01. The van der Waals surface area contributed by atoms with Crippen molar-refractivity contribution >= 4 is 23.7 Å². The van der Waals surface area contributed by atoms with E-state index >= 15 is 0 Å². The second-order valence-corrected chi connectivity index (χ2v) is 3.32. The lowest BCUT2D eigenvalue weighted by Gasteiger charge is -1.98. The largest absolute Gasteiger partial charge is 0.272 e. The van der Waals surface area contributed by atoms with E-state index in [-0.39, 0.29) is 5.91 Å². The van der Waals surface area contributed by atoms with Crippen molar-refractivity contribution in [3.05, 3.63) is 16.9 Å². The summed E-state index contributed by atoms with van der Waals surface area (Å²) in [5, 5.41) is 1.49. The van der Waals surface area contributed by atoms with Gasteiger partial charge in [0.1, 0.15) is 0 Å². The number of nitrogens with zero attached hydrogens (tertiary/aromatic N) is 3. The zero-order chi connectivity index (χ0) is 9.26. The molecule has 0 spiro atoms. The van der Waals surface area contributed by atoms with Gasteiger partial charge >= 0.3 is 0 Å². The molecule has 1 aromatic rings. The molecular weight excluding hydrogens is 186 g/mol. The van der Waals surface area contributed by atoms with Gasteiger partial charge in [0, 0.05) is 17.8 Å². The molecule has 1 aromatic heterocycles. The minimum absolute atomic E-state index is 0.141. The average Bonchev–Trinajstić information content (AvgIpc) is 2.16. The Balaban J connectivity index is 2.69. The summed E-state index contributed by atoms with van der Waals surface area (Å²) in [6.45, 7) is 0. The Morgan fingerprint density at radius 1 is 1.54 bits per heavy atom. The van der Waals surface area contributed by atoms with Crippen molar-refractivity contribution in [3.8, 4) is 0 Å². The summed E-state index contributed by atoms with van der Waals surface area (Å²) >= 11 is 1.44. The third-order valence-corrected chi connectivity index (χ3v) is 2.25. The highest BCUT2D eigenvalue weighted by Crippen LogP contribution is 2.02. The van der Waals surface area contributed by atoms with E-state index in [1.807, 2.05) is 6.26 Å².